The molecule has 1 saturated heterocycles. The van der Waals surface area contributed by atoms with Gasteiger partial charge in [-0.15, -0.1) is 0 Å². The molecule has 0 unspecified atom stereocenters. The van der Waals surface area contributed by atoms with Crippen LogP contribution in [-0.4, -0.2) is 48.9 Å². The van der Waals surface area contributed by atoms with Crippen LogP contribution < -0.4 is 5.32 Å². The second kappa shape index (κ2) is 6.80. The molecule has 0 aromatic heterocycles. The molecule has 1 N–H and O–H groups in total. The zero-order valence-electron chi connectivity index (χ0n) is 13.7. The molecule has 1 aliphatic heterocycles. The number of fused-ring (bicyclic) bond motifs is 2. The summed E-state index contributed by atoms with van der Waals surface area (Å²) >= 11 is 0. The Balaban J connectivity index is 1.51. The first-order valence-electron chi connectivity index (χ1n) is 8.34. The van der Waals surface area contributed by atoms with E-state index in [1.807, 2.05) is 6.07 Å². The first kappa shape index (κ1) is 15.5. The molecule has 1 heterocycles. The lowest BCUT2D eigenvalue weighted by Crippen LogP contribution is -2.41. The molecule has 2 bridgehead atoms. The van der Waals surface area contributed by atoms with Gasteiger partial charge < -0.3 is 10.2 Å². The van der Waals surface area contributed by atoms with E-state index in [4.69, 9.17) is 0 Å². The standard InChI is InChI=1S/C18H27N3O/c1-20(2)12-16-6-4-3-5-15(16)10-19-18(22)13-21-11-14-7-8-17(21)9-14/h3-6,14,17H,7-13H2,1-2H3,(H,19,22)/t14-,17+/m1/s1. The van der Waals surface area contributed by atoms with E-state index in [-0.39, 0.29) is 5.91 Å². The molecule has 22 heavy (non-hydrogen) atoms. The maximum atomic E-state index is 12.2. The van der Waals surface area contributed by atoms with Crippen molar-refractivity contribution in [3.63, 3.8) is 0 Å². The van der Waals surface area contributed by atoms with Crippen LogP contribution in [-0.2, 0) is 17.9 Å². The number of piperidine rings is 1. The van der Waals surface area contributed by atoms with Gasteiger partial charge in [-0.3, -0.25) is 9.69 Å². The predicted octanol–water partition coefficient (Wildman–Crippen LogP) is 1.85. The van der Waals surface area contributed by atoms with Crippen LogP contribution in [0.2, 0.25) is 0 Å². The quantitative estimate of drug-likeness (QED) is 0.871. The van der Waals surface area contributed by atoms with Crippen molar-refractivity contribution in [3.05, 3.63) is 35.4 Å². The zero-order valence-corrected chi connectivity index (χ0v) is 13.7. The maximum absolute atomic E-state index is 12.2. The van der Waals surface area contributed by atoms with Crippen molar-refractivity contribution < 1.29 is 4.79 Å². The van der Waals surface area contributed by atoms with Crippen molar-refractivity contribution in [1.82, 2.24) is 15.1 Å². The van der Waals surface area contributed by atoms with Crippen LogP contribution >= 0.6 is 0 Å². The third-order valence-corrected chi connectivity index (χ3v) is 4.95. The number of rotatable bonds is 6. The van der Waals surface area contributed by atoms with E-state index in [0.717, 1.165) is 19.0 Å². The van der Waals surface area contributed by atoms with Gasteiger partial charge in [-0.2, -0.15) is 0 Å². The second-order valence-corrected chi connectivity index (χ2v) is 7.05. The fourth-order valence-electron chi connectivity index (χ4n) is 3.88. The van der Waals surface area contributed by atoms with E-state index < -0.39 is 0 Å². The summed E-state index contributed by atoms with van der Waals surface area (Å²) in [6.45, 7) is 3.22. The number of amides is 1. The lowest BCUT2D eigenvalue weighted by molar-refractivity contribution is -0.122. The fourth-order valence-corrected chi connectivity index (χ4v) is 3.88. The minimum absolute atomic E-state index is 0.159. The number of nitrogens with one attached hydrogen (secondary N) is 1. The van der Waals surface area contributed by atoms with Crippen molar-refractivity contribution in [2.75, 3.05) is 27.2 Å². The molecule has 4 nitrogen and oxygen atoms in total. The van der Waals surface area contributed by atoms with E-state index in [2.05, 4.69) is 47.4 Å². The maximum Gasteiger partial charge on any atom is 0.234 e. The van der Waals surface area contributed by atoms with Gasteiger partial charge in [0.1, 0.15) is 0 Å². The smallest absolute Gasteiger partial charge is 0.234 e. The molecule has 2 atom stereocenters. The molecule has 0 radical (unpaired) electrons. The highest BCUT2D eigenvalue weighted by Crippen LogP contribution is 2.36. The highest BCUT2D eigenvalue weighted by Gasteiger charge is 2.38. The Morgan fingerprint density at radius 2 is 2.05 bits per heavy atom. The minimum atomic E-state index is 0.159. The van der Waals surface area contributed by atoms with E-state index >= 15 is 0 Å². The molecule has 2 aliphatic rings. The number of carbonyl (C=O) groups is 1. The van der Waals surface area contributed by atoms with Crippen molar-refractivity contribution >= 4 is 5.91 Å². The van der Waals surface area contributed by atoms with Gasteiger partial charge in [0, 0.05) is 25.7 Å². The lowest BCUT2D eigenvalue weighted by atomic mass is 10.1. The molecule has 120 valence electrons. The van der Waals surface area contributed by atoms with Gasteiger partial charge in [0.25, 0.3) is 0 Å². The number of hydrogen-bond acceptors (Lipinski definition) is 3. The molecule has 1 amide bonds. The number of nitrogens with zero attached hydrogens (tertiary/aromatic N) is 2. The number of benzene rings is 1. The predicted molar refractivity (Wildman–Crippen MR) is 88.4 cm³/mol. The molecule has 1 saturated carbocycles. The SMILES string of the molecule is CN(C)Cc1ccccc1CNC(=O)CN1C[C@@H]2CC[C@H]1C2. The summed E-state index contributed by atoms with van der Waals surface area (Å²) in [4.78, 5) is 16.7. The van der Waals surface area contributed by atoms with Crippen molar-refractivity contribution in [2.24, 2.45) is 5.92 Å². The average molecular weight is 301 g/mol. The first-order valence-corrected chi connectivity index (χ1v) is 8.34. The molecule has 3 rings (SSSR count). The van der Waals surface area contributed by atoms with Crippen LogP contribution in [0.3, 0.4) is 0 Å². The highest BCUT2D eigenvalue weighted by molar-refractivity contribution is 5.78. The summed E-state index contributed by atoms with van der Waals surface area (Å²) in [6.07, 6.45) is 3.95. The summed E-state index contributed by atoms with van der Waals surface area (Å²) in [7, 11) is 4.13. The second-order valence-electron chi connectivity index (χ2n) is 7.05. The van der Waals surface area contributed by atoms with Crippen LogP contribution in [0.25, 0.3) is 0 Å². The molecule has 0 spiro atoms. The number of hydrogen-bond donors (Lipinski definition) is 1. The fraction of sp³-hybridized carbons (Fsp3) is 0.611. The Morgan fingerprint density at radius 1 is 1.27 bits per heavy atom. The average Bonchev–Trinajstić information content (AvgIpc) is 3.08. The summed E-state index contributed by atoms with van der Waals surface area (Å²) in [5.41, 5.74) is 2.50. The van der Waals surface area contributed by atoms with Crippen LogP contribution in [0.1, 0.15) is 30.4 Å². The van der Waals surface area contributed by atoms with Crippen LogP contribution in [0.15, 0.2) is 24.3 Å². The molecular weight excluding hydrogens is 274 g/mol. The monoisotopic (exact) mass is 301 g/mol. The van der Waals surface area contributed by atoms with Gasteiger partial charge in [0.2, 0.25) is 5.91 Å². The van der Waals surface area contributed by atoms with E-state index in [0.29, 0.717) is 19.1 Å². The highest BCUT2D eigenvalue weighted by atomic mass is 16.2. The van der Waals surface area contributed by atoms with Gasteiger partial charge in [0.05, 0.1) is 6.54 Å². The molecule has 1 aromatic carbocycles. The first-order chi connectivity index (χ1) is 10.6. The van der Waals surface area contributed by atoms with Gasteiger partial charge >= 0.3 is 0 Å². The Bertz CT molecular complexity index is 529. The van der Waals surface area contributed by atoms with Crippen LogP contribution in [0.4, 0.5) is 0 Å². The zero-order chi connectivity index (χ0) is 15.5. The molecule has 1 aromatic rings. The number of likely N-dealkylation sites (tertiary alicyclic amines) is 1. The molecular formula is C18H27N3O. The van der Waals surface area contributed by atoms with Gasteiger partial charge in [-0.05, 0) is 50.4 Å². The summed E-state index contributed by atoms with van der Waals surface area (Å²) in [5, 5.41) is 3.10. The van der Waals surface area contributed by atoms with Crippen molar-refractivity contribution in [3.8, 4) is 0 Å². The van der Waals surface area contributed by atoms with Crippen LogP contribution in [0.5, 0.6) is 0 Å². The Hall–Kier alpha value is -1.39. The summed E-state index contributed by atoms with van der Waals surface area (Å²) < 4.78 is 0. The molecule has 1 aliphatic carbocycles. The minimum Gasteiger partial charge on any atom is -0.351 e. The topological polar surface area (TPSA) is 35.6 Å². The van der Waals surface area contributed by atoms with Gasteiger partial charge in [0.15, 0.2) is 0 Å². The lowest BCUT2D eigenvalue weighted by Gasteiger charge is -2.26. The van der Waals surface area contributed by atoms with Gasteiger partial charge in [-0.25, -0.2) is 0 Å². The normalized spacial score (nSPS) is 24.1. The van der Waals surface area contributed by atoms with E-state index in [9.17, 15) is 4.79 Å². The summed E-state index contributed by atoms with van der Waals surface area (Å²) in [6, 6.07) is 9.01. The van der Waals surface area contributed by atoms with Crippen molar-refractivity contribution in [2.45, 2.75) is 38.4 Å². The Labute approximate surface area is 133 Å². The number of carbonyl (C=O) groups excluding carboxylic acids is 1. The molecule has 4 heteroatoms. The van der Waals surface area contributed by atoms with Crippen LogP contribution in [0, 0.1) is 5.92 Å². The Morgan fingerprint density at radius 3 is 2.68 bits per heavy atom. The third kappa shape index (κ3) is 3.68. The molecule has 2 fully saturated rings. The summed E-state index contributed by atoms with van der Waals surface area (Å²) in [5.74, 6) is 1.01. The van der Waals surface area contributed by atoms with E-state index in [1.54, 1.807) is 0 Å². The van der Waals surface area contributed by atoms with E-state index in [1.165, 1.54) is 30.4 Å². The van der Waals surface area contributed by atoms with Crippen molar-refractivity contribution in [1.29, 1.82) is 0 Å². The third-order valence-electron chi connectivity index (χ3n) is 4.95. The van der Waals surface area contributed by atoms with Gasteiger partial charge in [-0.1, -0.05) is 24.3 Å². The largest absolute Gasteiger partial charge is 0.351 e. The Kier molecular flexibility index (Phi) is 4.79.